The Labute approximate surface area is 123 Å². The Morgan fingerprint density at radius 3 is 3.05 bits per heavy atom. The highest BCUT2D eigenvalue weighted by Gasteiger charge is 2.26. The van der Waals surface area contributed by atoms with E-state index in [0.717, 1.165) is 29.4 Å². The number of anilines is 1. The fourth-order valence-electron chi connectivity index (χ4n) is 2.94. The van der Waals surface area contributed by atoms with Crippen molar-refractivity contribution in [2.45, 2.75) is 25.3 Å². The molecule has 2 atom stereocenters. The molecule has 4 nitrogen and oxygen atoms in total. The molecule has 1 aromatic carbocycles. The molecule has 1 fully saturated rings. The minimum Gasteiger partial charge on any atom is -0.380 e. The third-order valence-corrected chi connectivity index (χ3v) is 4.25. The van der Waals surface area contributed by atoms with Crippen LogP contribution in [-0.2, 0) is 0 Å². The van der Waals surface area contributed by atoms with Gasteiger partial charge in [0.25, 0.3) is 0 Å². The molecule has 2 unspecified atom stereocenters. The standard InChI is InChI=1S/C15H19ClN4/c16-12-5-6-15(20-8-2-7-18-20)14(9-12)19-13-4-1-3-11(13)10-17/h2,5-9,11,13,19H,1,3-4,10,17H2. The Morgan fingerprint density at radius 2 is 2.30 bits per heavy atom. The molecule has 3 rings (SSSR count). The third kappa shape index (κ3) is 2.67. The fraction of sp³-hybridized carbons (Fsp3) is 0.400. The van der Waals surface area contributed by atoms with Crippen molar-refractivity contribution in [3.63, 3.8) is 0 Å². The molecule has 0 aliphatic heterocycles. The zero-order chi connectivity index (χ0) is 13.9. The molecule has 5 heteroatoms. The molecule has 1 aliphatic rings. The Bertz CT molecular complexity index is 567. The zero-order valence-electron chi connectivity index (χ0n) is 11.3. The number of benzene rings is 1. The van der Waals surface area contributed by atoms with Crippen molar-refractivity contribution >= 4 is 17.3 Å². The van der Waals surface area contributed by atoms with Crippen molar-refractivity contribution in [3.05, 3.63) is 41.7 Å². The molecule has 1 aromatic heterocycles. The lowest BCUT2D eigenvalue weighted by Gasteiger charge is -2.22. The van der Waals surface area contributed by atoms with Crippen molar-refractivity contribution in [3.8, 4) is 5.69 Å². The molecule has 1 aliphatic carbocycles. The van der Waals surface area contributed by atoms with Gasteiger partial charge in [-0.1, -0.05) is 18.0 Å². The van der Waals surface area contributed by atoms with E-state index in [9.17, 15) is 0 Å². The summed E-state index contributed by atoms with van der Waals surface area (Å²) in [6.07, 6.45) is 7.30. The summed E-state index contributed by atoms with van der Waals surface area (Å²) in [7, 11) is 0. The van der Waals surface area contributed by atoms with Gasteiger partial charge in [0.1, 0.15) is 0 Å². The summed E-state index contributed by atoms with van der Waals surface area (Å²) in [5.41, 5.74) is 7.89. The first-order valence-electron chi connectivity index (χ1n) is 7.04. The summed E-state index contributed by atoms with van der Waals surface area (Å²) in [4.78, 5) is 0. The molecular weight excluding hydrogens is 272 g/mol. The molecule has 1 saturated carbocycles. The smallest absolute Gasteiger partial charge is 0.0877 e. The highest BCUT2D eigenvalue weighted by Crippen LogP contribution is 2.31. The molecule has 0 saturated heterocycles. The van der Waals surface area contributed by atoms with E-state index in [1.807, 2.05) is 35.1 Å². The maximum Gasteiger partial charge on any atom is 0.0877 e. The van der Waals surface area contributed by atoms with E-state index in [1.165, 1.54) is 12.8 Å². The Kier molecular flexibility index (Phi) is 3.94. The van der Waals surface area contributed by atoms with Crippen molar-refractivity contribution in [2.24, 2.45) is 11.7 Å². The molecule has 0 radical (unpaired) electrons. The predicted octanol–water partition coefficient (Wildman–Crippen LogP) is 3.07. The number of nitrogens with zero attached hydrogens (tertiary/aromatic N) is 2. The molecule has 3 N–H and O–H groups in total. The molecular formula is C15H19ClN4. The molecule has 1 heterocycles. The minimum absolute atomic E-state index is 0.424. The largest absolute Gasteiger partial charge is 0.380 e. The normalized spacial score (nSPS) is 22.1. The minimum atomic E-state index is 0.424. The second-order valence-electron chi connectivity index (χ2n) is 5.29. The summed E-state index contributed by atoms with van der Waals surface area (Å²) in [6.45, 7) is 0.731. The van der Waals surface area contributed by atoms with Gasteiger partial charge in [-0.3, -0.25) is 0 Å². The van der Waals surface area contributed by atoms with Gasteiger partial charge < -0.3 is 11.1 Å². The average molecular weight is 291 g/mol. The number of nitrogens with one attached hydrogen (secondary N) is 1. The number of hydrogen-bond donors (Lipinski definition) is 2. The lowest BCUT2D eigenvalue weighted by Crippen LogP contribution is -2.29. The molecule has 0 amide bonds. The first-order chi connectivity index (χ1) is 9.78. The van der Waals surface area contributed by atoms with Crippen molar-refractivity contribution in [2.75, 3.05) is 11.9 Å². The summed E-state index contributed by atoms with van der Waals surface area (Å²) in [6, 6.07) is 8.18. The quantitative estimate of drug-likeness (QED) is 0.910. The number of nitrogens with two attached hydrogens (primary N) is 1. The van der Waals surface area contributed by atoms with Gasteiger partial charge >= 0.3 is 0 Å². The van der Waals surface area contributed by atoms with Gasteiger partial charge in [0, 0.05) is 23.5 Å². The predicted molar refractivity (Wildman–Crippen MR) is 82.4 cm³/mol. The van der Waals surface area contributed by atoms with E-state index in [2.05, 4.69) is 10.4 Å². The van der Waals surface area contributed by atoms with E-state index >= 15 is 0 Å². The van der Waals surface area contributed by atoms with E-state index < -0.39 is 0 Å². The van der Waals surface area contributed by atoms with Crippen LogP contribution in [0.15, 0.2) is 36.7 Å². The van der Waals surface area contributed by atoms with Crippen molar-refractivity contribution in [1.82, 2.24) is 9.78 Å². The topological polar surface area (TPSA) is 55.9 Å². The monoisotopic (exact) mass is 290 g/mol. The first-order valence-corrected chi connectivity index (χ1v) is 7.42. The Balaban J connectivity index is 1.90. The highest BCUT2D eigenvalue weighted by atomic mass is 35.5. The van der Waals surface area contributed by atoms with Gasteiger partial charge in [0.05, 0.1) is 11.4 Å². The number of aromatic nitrogens is 2. The van der Waals surface area contributed by atoms with Crippen LogP contribution in [0.3, 0.4) is 0 Å². The van der Waals surface area contributed by atoms with Crippen LogP contribution in [0, 0.1) is 5.92 Å². The maximum absolute atomic E-state index is 6.14. The van der Waals surface area contributed by atoms with Crippen LogP contribution in [0.4, 0.5) is 5.69 Å². The van der Waals surface area contributed by atoms with Crippen LogP contribution in [0.1, 0.15) is 19.3 Å². The fourth-order valence-corrected chi connectivity index (χ4v) is 3.12. The average Bonchev–Trinajstić information content (AvgIpc) is 3.10. The number of halogens is 1. The molecule has 106 valence electrons. The number of rotatable bonds is 4. The van der Waals surface area contributed by atoms with Crippen molar-refractivity contribution in [1.29, 1.82) is 0 Å². The van der Waals surface area contributed by atoms with E-state index in [1.54, 1.807) is 6.20 Å². The second kappa shape index (κ2) is 5.85. The molecule has 20 heavy (non-hydrogen) atoms. The summed E-state index contributed by atoms with van der Waals surface area (Å²) in [5.74, 6) is 0.541. The van der Waals surface area contributed by atoms with Crippen LogP contribution in [0.25, 0.3) is 5.69 Å². The van der Waals surface area contributed by atoms with Crippen LogP contribution < -0.4 is 11.1 Å². The molecule has 0 bridgehead atoms. The third-order valence-electron chi connectivity index (χ3n) is 4.01. The van der Waals surface area contributed by atoms with Gasteiger partial charge in [0.2, 0.25) is 0 Å². The lowest BCUT2D eigenvalue weighted by atomic mass is 10.0. The van der Waals surface area contributed by atoms with Crippen LogP contribution in [0.5, 0.6) is 0 Å². The first kappa shape index (κ1) is 13.5. The summed E-state index contributed by atoms with van der Waals surface area (Å²) >= 11 is 6.14. The molecule has 0 spiro atoms. The van der Waals surface area contributed by atoms with Crippen molar-refractivity contribution < 1.29 is 0 Å². The van der Waals surface area contributed by atoms with Gasteiger partial charge in [-0.25, -0.2) is 4.68 Å². The Morgan fingerprint density at radius 1 is 1.40 bits per heavy atom. The molecule has 2 aromatic rings. The van der Waals surface area contributed by atoms with Crippen LogP contribution in [-0.4, -0.2) is 22.4 Å². The summed E-state index contributed by atoms with van der Waals surface area (Å²) < 4.78 is 1.85. The second-order valence-corrected chi connectivity index (χ2v) is 5.73. The van der Waals surface area contributed by atoms with Gasteiger partial charge in [-0.15, -0.1) is 0 Å². The van der Waals surface area contributed by atoms with E-state index in [4.69, 9.17) is 17.3 Å². The zero-order valence-corrected chi connectivity index (χ0v) is 12.1. The summed E-state index contributed by atoms with van der Waals surface area (Å²) in [5, 5.41) is 8.64. The highest BCUT2D eigenvalue weighted by molar-refractivity contribution is 6.31. The van der Waals surface area contributed by atoms with E-state index in [0.29, 0.717) is 12.0 Å². The number of hydrogen-bond acceptors (Lipinski definition) is 3. The van der Waals surface area contributed by atoms with Gasteiger partial charge in [-0.2, -0.15) is 5.10 Å². The Hall–Kier alpha value is -1.52. The van der Waals surface area contributed by atoms with Gasteiger partial charge in [-0.05, 0) is 49.6 Å². The SMILES string of the molecule is NCC1CCCC1Nc1cc(Cl)ccc1-n1cccn1. The van der Waals surface area contributed by atoms with E-state index in [-0.39, 0.29) is 0 Å². The van der Waals surface area contributed by atoms with Crippen LogP contribution in [0.2, 0.25) is 5.02 Å². The lowest BCUT2D eigenvalue weighted by molar-refractivity contribution is 0.516. The maximum atomic E-state index is 6.14. The van der Waals surface area contributed by atoms with Crippen LogP contribution >= 0.6 is 11.6 Å². The van der Waals surface area contributed by atoms with Gasteiger partial charge in [0.15, 0.2) is 0 Å².